The standard InChI is InChI=1S/C22H22F2N4O3/c23-17-6-4-16(5-7-17)12-28-13-19(11-25-28)26-22(29)27-8-9-30-21(14-27)15-31-20-3-1-2-18(24)10-20/h1-7,10-11,13,21H,8-9,12,14-15H2,(H,26,29). The molecule has 7 nitrogen and oxygen atoms in total. The zero-order valence-electron chi connectivity index (χ0n) is 16.7. The molecule has 1 atom stereocenters. The number of nitrogens with zero attached hydrogens (tertiary/aromatic N) is 3. The van der Waals surface area contributed by atoms with Gasteiger partial charge in [0.15, 0.2) is 0 Å². The van der Waals surface area contributed by atoms with Crippen molar-refractivity contribution in [2.45, 2.75) is 12.6 Å². The van der Waals surface area contributed by atoms with E-state index in [4.69, 9.17) is 9.47 Å². The highest BCUT2D eigenvalue weighted by Crippen LogP contribution is 2.15. The number of hydrogen-bond acceptors (Lipinski definition) is 4. The molecule has 0 bridgehead atoms. The molecule has 1 unspecified atom stereocenters. The van der Waals surface area contributed by atoms with E-state index in [0.717, 1.165) is 5.56 Å². The van der Waals surface area contributed by atoms with Gasteiger partial charge in [0, 0.05) is 18.8 Å². The van der Waals surface area contributed by atoms with Gasteiger partial charge in [0.25, 0.3) is 0 Å². The summed E-state index contributed by atoms with van der Waals surface area (Å²) in [4.78, 5) is 14.3. The first-order chi connectivity index (χ1) is 15.0. The van der Waals surface area contributed by atoms with Gasteiger partial charge in [-0.3, -0.25) is 4.68 Å². The van der Waals surface area contributed by atoms with Gasteiger partial charge in [0.05, 0.1) is 31.6 Å². The van der Waals surface area contributed by atoms with Gasteiger partial charge in [-0.25, -0.2) is 13.6 Å². The summed E-state index contributed by atoms with van der Waals surface area (Å²) in [5.41, 5.74) is 1.46. The summed E-state index contributed by atoms with van der Waals surface area (Å²) < 4.78 is 39.2. The third-order valence-corrected chi connectivity index (χ3v) is 4.80. The minimum Gasteiger partial charge on any atom is -0.491 e. The Balaban J connectivity index is 1.28. The van der Waals surface area contributed by atoms with Gasteiger partial charge in [-0.05, 0) is 29.8 Å². The third kappa shape index (κ3) is 5.79. The van der Waals surface area contributed by atoms with Crippen LogP contribution in [0.1, 0.15) is 5.56 Å². The van der Waals surface area contributed by atoms with Crippen LogP contribution in [0, 0.1) is 11.6 Å². The number of anilines is 1. The summed E-state index contributed by atoms with van der Waals surface area (Å²) in [7, 11) is 0. The van der Waals surface area contributed by atoms with Gasteiger partial charge in [0.1, 0.15) is 30.1 Å². The number of aromatic nitrogens is 2. The first-order valence-corrected chi connectivity index (χ1v) is 9.88. The van der Waals surface area contributed by atoms with Crippen LogP contribution in [0.3, 0.4) is 0 Å². The maximum absolute atomic E-state index is 13.3. The van der Waals surface area contributed by atoms with Crippen LogP contribution in [-0.4, -0.2) is 53.1 Å². The highest BCUT2D eigenvalue weighted by atomic mass is 19.1. The molecule has 0 spiro atoms. The van der Waals surface area contributed by atoms with Crippen molar-refractivity contribution in [1.29, 1.82) is 0 Å². The molecule has 2 heterocycles. The Morgan fingerprint density at radius 2 is 2.03 bits per heavy atom. The van der Waals surface area contributed by atoms with Gasteiger partial charge in [-0.1, -0.05) is 18.2 Å². The minimum atomic E-state index is -0.372. The first kappa shape index (κ1) is 20.8. The number of ether oxygens (including phenoxy) is 2. The minimum absolute atomic E-state index is 0.211. The predicted molar refractivity (Wildman–Crippen MR) is 110 cm³/mol. The monoisotopic (exact) mass is 428 g/mol. The van der Waals surface area contributed by atoms with Crippen molar-refractivity contribution in [1.82, 2.24) is 14.7 Å². The van der Waals surface area contributed by atoms with E-state index in [-0.39, 0.29) is 30.4 Å². The Labute approximate surface area is 178 Å². The summed E-state index contributed by atoms with van der Waals surface area (Å²) in [5.74, 6) is -0.246. The van der Waals surface area contributed by atoms with Crippen molar-refractivity contribution in [2.24, 2.45) is 0 Å². The summed E-state index contributed by atoms with van der Waals surface area (Å²) >= 11 is 0. The normalized spacial score (nSPS) is 16.2. The second kappa shape index (κ2) is 9.57. The molecule has 0 saturated carbocycles. The van der Waals surface area contributed by atoms with Crippen LogP contribution in [0.5, 0.6) is 5.75 Å². The molecule has 1 aliphatic heterocycles. The summed E-state index contributed by atoms with van der Waals surface area (Å²) in [5, 5.41) is 7.06. The number of urea groups is 1. The fourth-order valence-electron chi connectivity index (χ4n) is 3.24. The average Bonchev–Trinajstić information content (AvgIpc) is 3.21. The fourth-order valence-corrected chi connectivity index (χ4v) is 3.24. The highest BCUT2D eigenvalue weighted by molar-refractivity contribution is 5.89. The third-order valence-electron chi connectivity index (χ3n) is 4.80. The quantitative estimate of drug-likeness (QED) is 0.652. The van der Waals surface area contributed by atoms with Gasteiger partial charge in [-0.2, -0.15) is 5.10 Å². The second-order valence-corrected chi connectivity index (χ2v) is 7.19. The van der Waals surface area contributed by atoms with E-state index >= 15 is 0 Å². The maximum atomic E-state index is 13.3. The van der Waals surface area contributed by atoms with Crippen LogP contribution in [0.4, 0.5) is 19.3 Å². The molecule has 3 aromatic rings. The number of morpholine rings is 1. The van der Waals surface area contributed by atoms with E-state index in [1.165, 1.54) is 24.3 Å². The summed E-state index contributed by atoms with van der Waals surface area (Å²) in [6.45, 7) is 1.86. The van der Waals surface area contributed by atoms with Crippen LogP contribution in [0.2, 0.25) is 0 Å². The topological polar surface area (TPSA) is 68.6 Å². The van der Waals surface area contributed by atoms with Crippen molar-refractivity contribution in [2.75, 3.05) is 31.6 Å². The molecule has 2 amide bonds. The van der Waals surface area contributed by atoms with Crippen molar-refractivity contribution < 1.29 is 23.0 Å². The first-order valence-electron chi connectivity index (χ1n) is 9.88. The number of nitrogens with one attached hydrogen (secondary N) is 1. The SMILES string of the molecule is O=C(Nc1cnn(Cc2ccc(F)cc2)c1)N1CCOC(COc2cccc(F)c2)C1. The lowest BCUT2D eigenvalue weighted by molar-refractivity contribution is -0.0337. The number of hydrogen-bond donors (Lipinski definition) is 1. The molecule has 1 aliphatic rings. The number of benzene rings is 2. The number of halogens is 2. The molecular weight excluding hydrogens is 406 g/mol. The second-order valence-electron chi connectivity index (χ2n) is 7.19. The van der Waals surface area contributed by atoms with E-state index in [0.29, 0.717) is 37.7 Å². The lowest BCUT2D eigenvalue weighted by Crippen LogP contribution is -2.49. The van der Waals surface area contributed by atoms with E-state index in [1.807, 2.05) is 0 Å². The molecule has 1 aromatic heterocycles. The van der Waals surface area contributed by atoms with E-state index in [1.54, 1.807) is 46.2 Å². The van der Waals surface area contributed by atoms with Crippen LogP contribution < -0.4 is 10.1 Å². The van der Waals surface area contributed by atoms with Crippen LogP contribution in [0.25, 0.3) is 0 Å². The Hall–Kier alpha value is -3.46. The molecule has 0 radical (unpaired) electrons. The van der Waals surface area contributed by atoms with E-state index in [9.17, 15) is 13.6 Å². The molecule has 9 heteroatoms. The van der Waals surface area contributed by atoms with Crippen molar-refractivity contribution in [3.05, 3.63) is 78.1 Å². The summed E-state index contributed by atoms with van der Waals surface area (Å²) in [6.07, 6.45) is 2.96. The Morgan fingerprint density at radius 3 is 2.84 bits per heavy atom. The van der Waals surface area contributed by atoms with Crippen molar-refractivity contribution >= 4 is 11.7 Å². The molecule has 4 rings (SSSR count). The zero-order chi connectivity index (χ0) is 21.6. The molecular formula is C22H22F2N4O3. The van der Waals surface area contributed by atoms with Crippen LogP contribution in [-0.2, 0) is 11.3 Å². The van der Waals surface area contributed by atoms with Gasteiger partial charge < -0.3 is 19.7 Å². The van der Waals surface area contributed by atoms with Gasteiger partial charge in [-0.15, -0.1) is 0 Å². The number of amides is 2. The van der Waals surface area contributed by atoms with E-state index in [2.05, 4.69) is 10.4 Å². The largest absolute Gasteiger partial charge is 0.491 e. The summed E-state index contributed by atoms with van der Waals surface area (Å²) in [6, 6.07) is 11.8. The van der Waals surface area contributed by atoms with Gasteiger partial charge in [0.2, 0.25) is 0 Å². The van der Waals surface area contributed by atoms with Gasteiger partial charge >= 0.3 is 6.03 Å². The van der Waals surface area contributed by atoms with Crippen molar-refractivity contribution in [3.63, 3.8) is 0 Å². The zero-order valence-corrected chi connectivity index (χ0v) is 16.7. The van der Waals surface area contributed by atoms with E-state index < -0.39 is 0 Å². The molecule has 0 aliphatic carbocycles. The fraction of sp³-hybridized carbons (Fsp3) is 0.273. The molecule has 162 valence electrons. The predicted octanol–water partition coefficient (Wildman–Crippen LogP) is 3.52. The lowest BCUT2D eigenvalue weighted by atomic mass is 10.2. The Morgan fingerprint density at radius 1 is 1.19 bits per heavy atom. The number of carbonyl (C=O) groups is 1. The number of rotatable bonds is 6. The highest BCUT2D eigenvalue weighted by Gasteiger charge is 2.25. The molecule has 1 N–H and O–H groups in total. The molecule has 31 heavy (non-hydrogen) atoms. The van der Waals surface area contributed by atoms with Crippen LogP contribution in [0.15, 0.2) is 60.9 Å². The van der Waals surface area contributed by atoms with Crippen LogP contribution >= 0.6 is 0 Å². The molecule has 1 fully saturated rings. The Kier molecular flexibility index (Phi) is 6.42. The van der Waals surface area contributed by atoms with Crippen molar-refractivity contribution in [3.8, 4) is 5.75 Å². The Bertz CT molecular complexity index is 1030. The average molecular weight is 428 g/mol. The smallest absolute Gasteiger partial charge is 0.322 e. The number of carbonyl (C=O) groups excluding carboxylic acids is 1. The maximum Gasteiger partial charge on any atom is 0.322 e. The molecule has 2 aromatic carbocycles. The molecule has 1 saturated heterocycles. The lowest BCUT2D eigenvalue weighted by Gasteiger charge is -2.32.